The first-order valence-electron chi connectivity index (χ1n) is 4.48. The number of aromatic nitrogens is 2. The normalized spacial score (nSPS) is 10.7. The molecule has 0 fully saturated rings. The van der Waals surface area contributed by atoms with Gasteiger partial charge in [0.1, 0.15) is 11.6 Å². The van der Waals surface area contributed by atoms with E-state index in [0.29, 0.717) is 16.8 Å². The van der Waals surface area contributed by atoms with Crippen LogP contribution >= 0.6 is 31.9 Å². The van der Waals surface area contributed by atoms with E-state index in [-0.39, 0.29) is 5.82 Å². The van der Waals surface area contributed by atoms with Crippen LogP contribution in [0.5, 0.6) is 0 Å². The van der Waals surface area contributed by atoms with Crippen molar-refractivity contribution in [2.75, 3.05) is 5.73 Å². The van der Waals surface area contributed by atoms with Crippen molar-refractivity contribution in [3.63, 3.8) is 0 Å². The maximum atomic E-state index is 13.0. The zero-order chi connectivity index (χ0) is 11.7. The van der Waals surface area contributed by atoms with E-state index >= 15 is 0 Å². The molecule has 2 rings (SSSR count). The van der Waals surface area contributed by atoms with Gasteiger partial charge in [-0.3, -0.25) is 0 Å². The molecule has 0 radical (unpaired) electrons. The van der Waals surface area contributed by atoms with E-state index < -0.39 is 0 Å². The molecule has 84 valence electrons. The number of hydrogen-bond donors (Lipinski definition) is 1. The third-order valence-electron chi connectivity index (χ3n) is 2.15. The van der Waals surface area contributed by atoms with Crippen LogP contribution in [0.4, 0.5) is 10.2 Å². The van der Waals surface area contributed by atoms with Crippen molar-refractivity contribution < 1.29 is 4.39 Å². The van der Waals surface area contributed by atoms with Crippen molar-refractivity contribution in [2.45, 2.75) is 6.54 Å². The van der Waals surface area contributed by atoms with Gasteiger partial charge in [0.2, 0.25) is 0 Å². The van der Waals surface area contributed by atoms with Crippen LogP contribution < -0.4 is 5.73 Å². The van der Waals surface area contributed by atoms with Gasteiger partial charge in [0.25, 0.3) is 0 Å². The average molecular weight is 349 g/mol. The molecule has 0 amide bonds. The summed E-state index contributed by atoms with van der Waals surface area (Å²) < 4.78 is 15.9. The molecule has 1 heterocycles. The Hall–Kier alpha value is -0.880. The van der Waals surface area contributed by atoms with Gasteiger partial charge in [-0.15, -0.1) is 0 Å². The summed E-state index contributed by atoms with van der Waals surface area (Å²) in [5.41, 5.74) is 6.71. The van der Waals surface area contributed by atoms with Gasteiger partial charge in [-0.1, -0.05) is 6.07 Å². The second-order valence-electron chi connectivity index (χ2n) is 3.28. The standard InChI is InChI=1S/C10H8Br2FN3/c11-7-3-6(1-2-9(7)13)5-16-10(14)8(12)4-15-16/h1-4H,5,14H2. The number of nitrogens with two attached hydrogens (primary N) is 1. The maximum absolute atomic E-state index is 13.0. The highest BCUT2D eigenvalue weighted by Gasteiger charge is 2.06. The lowest BCUT2D eigenvalue weighted by Crippen LogP contribution is -2.06. The minimum Gasteiger partial charge on any atom is -0.383 e. The smallest absolute Gasteiger partial charge is 0.137 e. The average Bonchev–Trinajstić information content (AvgIpc) is 2.55. The lowest BCUT2D eigenvalue weighted by atomic mass is 10.2. The van der Waals surface area contributed by atoms with Crippen LogP contribution in [0.1, 0.15) is 5.56 Å². The molecule has 0 aliphatic carbocycles. The van der Waals surface area contributed by atoms with Gasteiger partial charge in [-0.2, -0.15) is 5.10 Å². The van der Waals surface area contributed by atoms with Crippen LogP contribution in [0, 0.1) is 5.82 Å². The molecule has 2 N–H and O–H groups in total. The highest BCUT2D eigenvalue weighted by Crippen LogP contribution is 2.21. The monoisotopic (exact) mass is 347 g/mol. The molecule has 3 nitrogen and oxygen atoms in total. The van der Waals surface area contributed by atoms with Crippen LogP contribution in [0.25, 0.3) is 0 Å². The number of nitrogen functional groups attached to an aromatic ring is 1. The summed E-state index contributed by atoms with van der Waals surface area (Å²) >= 11 is 6.42. The maximum Gasteiger partial charge on any atom is 0.137 e. The fourth-order valence-corrected chi connectivity index (χ4v) is 2.03. The molecule has 1 aromatic carbocycles. The molecule has 0 aliphatic heterocycles. The zero-order valence-electron chi connectivity index (χ0n) is 8.12. The number of rotatable bonds is 2. The second kappa shape index (κ2) is 4.55. The Bertz CT molecular complexity index is 525. The SMILES string of the molecule is Nc1c(Br)cnn1Cc1ccc(F)c(Br)c1. The lowest BCUT2D eigenvalue weighted by Gasteiger charge is -2.05. The van der Waals surface area contributed by atoms with Crippen molar-refractivity contribution in [1.82, 2.24) is 9.78 Å². The Morgan fingerprint density at radius 1 is 1.31 bits per heavy atom. The van der Waals surface area contributed by atoms with Crippen molar-refractivity contribution in [2.24, 2.45) is 0 Å². The highest BCUT2D eigenvalue weighted by atomic mass is 79.9. The summed E-state index contributed by atoms with van der Waals surface area (Å²) in [6.45, 7) is 0.510. The molecule has 0 saturated carbocycles. The zero-order valence-corrected chi connectivity index (χ0v) is 11.3. The summed E-state index contributed by atoms with van der Waals surface area (Å²) in [5.74, 6) is 0.277. The van der Waals surface area contributed by atoms with Gasteiger partial charge in [0.15, 0.2) is 0 Å². The van der Waals surface area contributed by atoms with Crippen molar-refractivity contribution in [3.05, 3.63) is 44.7 Å². The van der Waals surface area contributed by atoms with Crippen LogP contribution in [0.2, 0.25) is 0 Å². The molecular formula is C10H8Br2FN3. The predicted octanol–water partition coefficient (Wildman–Crippen LogP) is 3.18. The first kappa shape index (κ1) is 11.6. The van der Waals surface area contributed by atoms with Crippen molar-refractivity contribution in [3.8, 4) is 0 Å². The lowest BCUT2D eigenvalue weighted by molar-refractivity contribution is 0.618. The Morgan fingerprint density at radius 2 is 2.06 bits per heavy atom. The van der Waals surface area contributed by atoms with E-state index in [1.54, 1.807) is 23.0 Å². The fourth-order valence-electron chi connectivity index (χ4n) is 1.31. The highest BCUT2D eigenvalue weighted by molar-refractivity contribution is 9.10. The Balaban J connectivity index is 2.27. The molecule has 16 heavy (non-hydrogen) atoms. The van der Waals surface area contributed by atoms with E-state index in [1.807, 2.05) is 0 Å². The number of benzene rings is 1. The summed E-state index contributed by atoms with van der Waals surface area (Å²) in [5, 5.41) is 4.10. The van der Waals surface area contributed by atoms with Crippen molar-refractivity contribution in [1.29, 1.82) is 0 Å². The molecule has 0 atom stereocenters. The molecule has 6 heteroatoms. The van der Waals surface area contributed by atoms with Gasteiger partial charge in [0.05, 0.1) is 21.7 Å². The van der Waals surface area contributed by atoms with E-state index in [9.17, 15) is 4.39 Å². The second-order valence-corrected chi connectivity index (χ2v) is 4.99. The number of hydrogen-bond acceptors (Lipinski definition) is 2. The summed E-state index contributed by atoms with van der Waals surface area (Å²) in [6, 6.07) is 4.83. The molecule has 0 unspecified atom stereocenters. The molecule has 1 aromatic heterocycles. The molecule has 0 saturated heterocycles. The Kier molecular flexibility index (Phi) is 3.30. The third kappa shape index (κ3) is 2.27. The van der Waals surface area contributed by atoms with E-state index in [4.69, 9.17) is 5.73 Å². The van der Waals surface area contributed by atoms with E-state index in [0.717, 1.165) is 10.0 Å². The Morgan fingerprint density at radius 3 is 2.62 bits per heavy atom. The first-order valence-corrected chi connectivity index (χ1v) is 6.07. The minimum atomic E-state index is -0.279. The van der Waals surface area contributed by atoms with Crippen LogP contribution in [-0.2, 0) is 6.54 Å². The summed E-state index contributed by atoms with van der Waals surface area (Å²) in [7, 11) is 0. The van der Waals surface area contributed by atoms with E-state index in [2.05, 4.69) is 37.0 Å². The largest absolute Gasteiger partial charge is 0.383 e. The fraction of sp³-hybridized carbons (Fsp3) is 0.100. The predicted molar refractivity (Wildman–Crippen MR) is 67.5 cm³/mol. The van der Waals surface area contributed by atoms with Gasteiger partial charge in [0, 0.05) is 0 Å². The topological polar surface area (TPSA) is 43.8 Å². The molecule has 0 bridgehead atoms. The quantitative estimate of drug-likeness (QED) is 0.905. The van der Waals surface area contributed by atoms with Gasteiger partial charge < -0.3 is 5.73 Å². The molecular weight excluding hydrogens is 341 g/mol. The van der Waals surface area contributed by atoms with Crippen LogP contribution in [-0.4, -0.2) is 9.78 Å². The minimum absolute atomic E-state index is 0.279. The molecule has 2 aromatic rings. The third-order valence-corrected chi connectivity index (χ3v) is 3.37. The number of halogens is 3. The van der Waals surface area contributed by atoms with Gasteiger partial charge in [-0.05, 0) is 49.6 Å². The van der Waals surface area contributed by atoms with Gasteiger partial charge >= 0.3 is 0 Å². The van der Waals surface area contributed by atoms with Crippen molar-refractivity contribution >= 4 is 37.7 Å². The molecule has 0 spiro atoms. The van der Waals surface area contributed by atoms with Crippen LogP contribution in [0.15, 0.2) is 33.3 Å². The Labute approximate surface area is 109 Å². The number of nitrogens with zero attached hydrogens (tertiary/aromatic N) is 2. The summed E-state index contributed by atoms with van der Waals surface area (Å²) in [6.07, 6.45) is 1.63. The van der Waals surface area contributed by atoms with E-state index in [1.165, 1.54) is 6.07 Å². The van der Waals surface area contributed by atoms with Gasteiger partial charge in [-0.25, -0.2) is 9.07 Å². The first-order chi connectivity index (χ1) is 7.58. The summed E-state index contributed by atoms with van der Waals surface area (Å²) in [4.78, 5) is 0. The number of anilines is 1. The van der Waals surface area contributed by atoms with Crippen LogP contribution in [0.3, 0.4) is 0 Å². The molecule has 0 aliphatic rings.